The zero-order valence-corrected chi connectivity index (χ0v) is 17.4. The molecule has 0 saturated heterocycles. The first kappa shape index (κ1) is 21.0. The van der Waals surface area contributed by atoms with Crippen molar-refractivity contribution in [3.63, 3.8) is 0 Å². The lowest BCUT2D eigenvalue weighted by Gasteiger charge is -2.22. The van der Waals surface area contributed by atoms with E-state index in [1.807, 2.05) is 13.8 Å². The molecule has 0 aromatic heterocycles. The average Bonchev–Trinajstić information content (AvgIpc) is 2.65. The van der Waals surface area contributed by atoms with Crippen LogP contribution < -0.4 is 9.62 Å². The normalized spacial score (nSPS) is 12.7. The van der Waals surface area contributed by atoms with Gasteiger partial charge in [-0.05, 0) is 55.7 Å². The standard InChI is InChI=1S/C21H28N2O3S/c1-6-20(15(2)3)22-21(24)17-9-11-18(12-10-17)23(5)27(25,26)19-13-7-16(4)8-14-19/h7-15,20H,6H2,1-5H3,(H,22,24). The van der Waals surface area contributed by atoms with Gasteiger partial charge in [0, 0.05) is 18.7 Å². The van der Waals surface area contributed by atoms with Gasteiger partial charge in [-0.25, -0.2) is 8.42 Å². The Morgan fingerprint density at radius 1 is 1.04 bits per heavy atom. The lowest BCUT2D eigenvalue weighted by molar-refractivity contribution is 0.0924. The molecular weight excluding hydrogens is 360 g/mol. The van der Waals surface area contributed by atoms with Gasteiger partial charge in [0.15, 0.2) is 0 Å². The van der Waals surface area contributed by atoms with Crippen LogP contribution in [0.2, 0.25) is 0 Å². The lowest BCUT2D eigenvalue weighted by atomic mass is 10.0. The number of aryl methyl sites for hydroxylation is 1. The number of carbonyl (C=O) groups excluding carboxylic acids is 1. The molecule has 0 aliphatic rings. The molecule has 0 aliphatic carbocycles. The van der Waals surface area contributed by atoms with Crippen molar-refractivity contribution in [1.82, 2.24) is 5.32 Å². The molecule has 2 aromatic carbocycles. The van der Waals surface area contributed by atoms with Gasteiger partial charge in [0.2, 0.25) is 0 Å². The zero-order valence-electron chi connectivity index (χ0n) is 16.6. The fraction of sp³-hybridized carbons (Fsp3) is 0.381. The summed E-state index contributed by atoms with van der Waals surface area (Å²) in [6.07, 6.45) is 0.860. The minimum absolute atomic E-state index is 0.113. The average molecular weight is 389 g/mol. The summed E-state index contributed by atoms with van der Waals surface area (Å²) < 4.78 is 26.8. The Kier molecular flexibility index (Phi) is 6.65. The van der Waals surface area contributed by atoms with Crippen molar-refractivity contribution < 1.29 is 13.2 Å². The van der Waals surface area contributed by atoms with Crippen LogP contribution in [-0.2, 0) is 10.0 Å². The molecule has 2 rings (SSSR count). The summed E-state index contributed by atoms with van der Waals surface area (Å²) in [5.41, 5.74) is 2.01. The quantitative estimate of drug-likeness (QED) is 0.780. The van der Waals surface area contributed by atoms with Crippen LogP contribution >= 0.6 is 0 Å². The molecule has 27 heavy (non-hydrogen) atoms. The summed E-state index contributed by atoms with van der Waals surface area (Å²) in [6.45, 7) is 8.09. The van der Waals surface area contributed by atoms with Crippen molar-refractivity contribution in [3.05, 3.63) is 59.7 Å². The number of rotatable bonds is 7. The van der Waals surface area contributed by atoms with Gasteiger partial charge in [0.05, 0.1) is 10.6 Å². The molecule has 2 aromatic rings. The van der Waals surface area contributed by atoms with Crippen molar-refractivity contribution in [2.75, 3.05) is 11.4 Å². The van der Waals surface area contributed by atoms with E-state index in [4.69, 9.17) is 0 Å². The van der Waals surface area contributed by atoms with Crippen molar-refractivity contribution in [2.24, 2.45) is 5.92 Å². The number of carbonyl (C=O) groups is 1. The molecule has 1 N–H and O–H groups in total. The maximum atomic E-state index is 12.8. The fourth-order valence-electron chi connectivity index (χ4n) is 2.82. The van der Waals surface area contributed by atoms with Crippen LogP contribution in [0.4, 0.5) is 5.69 Å². The van der Waals surface area contributed by atoms with Gasteiger partial charge in [0.1, 0.15) is 0 Å². The monoisotopic (exact) mass is 388 g/mol. The van der Waals surface area contributed by atoms with Gasteiger partial charge in [-0.2, -0.15) is 0 Å². The Hall–Kier alpha value is -2.34. The first-order valence-electron chi connectivity index (χ1n) is 9.13. The van der Waals surface area contributed by atoms with E-state index in [9.17, 15) is 13.2 Å². The van der Waals surface area contributed by atoms with E-state index >= 15 is 0 Å². The van der Waals surface area contributed by atoms with Crippen LogP contribution in [0.5, 0.6) is 0 Å². The highest BCUT2D eigenvalue weighted by Crippen LogP contribution is 2.23. The molecule has 1 unspecified atom stereocenters. The predicted molar refractivity (Wildman–Crippen MR) is 110 cm³/mol. The van der Waals surface area contributed by atoms with Gasteiger partial charge in [-0.15, -0.1) is 0 Å². The Morgan fingerprint density at radius 3 is 2.07 bits per heavy atom. The Balaban J connectivity index is 2.18. The Morgan fingerprint density at radius 2 is 1.59 bits per heavy atom. The summed E-state index contributed by atoms with van der Waals surface area (Å²) in [5.74, 6) is 0.204. The van der Waals surface area contributed by atoms with Crippen LogP contribution in [-0.4, -0.2) is 27.4 Å². The summed E-state index contributed by atoms with van der Waals surface area (Å²) in [7, 11) is -2.13. The number of sulfonamides is 1. The Bertz CT molecular complexity index is 873. The van der Waals surface area contributed by atoms with Crippen LogP contribution in [0.1, 0.15) is 43.1 Å². The first-order chi connectivity index (χ1) is 12.7. The molecule has 0 radical (unpaired) electrons. The zero-order chi connectivity index (χ0) is 20.2. The minimum Gasteiger partial charge on any atom is -0.349 e. The molecule has 0 aliphatic heterocycles. The van der Waals surface area contributed by atoms with Gasteiger partial charge >= 0.3 is 0 Å². The summed E-state index contributed by atoms with van der Waals surface area (Å²) >= 11 is 0. The fourth-order valence-corrected chi connectivity index (χ4v) is 4.02. The summed E-state index contributed by atoms with van der Waals surface area (Å²) in [6, 6.07) is 13.5. The molecule has 0 heterocycles. The molecule has 6 heteroatoms. The van der Waals surface area contributed by atoms with Gasteiger partial charge in [-0.3, -0.25) is 9.10 Å². The molecule has 1 amide bonds. The van der Waals surface area contributed by atoms with Crippen molar-refractivity contribution >= 4 is 21.6 Å². The molecule has 1 atom stereocenters. The van der Waals surface area contributed by atoms with Crippen molar-refractivity contribution in [3.8, 4) is 0 Å². The SMILES string of the molecule is CCC(NC(=O)c1ccc(N(C)S(=O)(=O)c2ccc(C)cc2)cc1)C(C)C. The molecule has 0 saturated carbocycles. The second-order valence-corrected chi connectivity index (χ2v) is 9.03. The molecule has 0 spiro atoms. The summed E-state index contributed by atoms with van der Waals surface area (Å²) in [4.78, 5) is 12.6. The number of anilines is 1. The van der Waals surface area contributed by atoms with Crippen molar-refractivity contribution in [2.45, 2.75) is 45.1 Å². The smallest absolute Gasteiger partial charge is 0.264 e. The second kappa shape index (κ2) is 8.57. The highest BCUT2D eigenvalue weighted by molar-refractivity contribution is 7.92. The van der Waals surface area contributed by atoms with E-state index in [-0.39, 0.29) is 16.8 Å². The van der Waals surface area contributed by atoms with E-state index in [0.717, 1.165) is 12.0 Å². The lowest BCUT2D eigenvalue weighted by Crippen LogP contribution is -2.38. The van der Waals surface area contributed by atoms with E-state index < -0.39 is 10.0 Å². The van der Waals surface area contributed by atoms with E-state index in [1.165, 1.54) is 11.4 Å². The van der Waals surface area contributed by atoms with Crippen LogP contribution in [0, 0.1) is 12.8 Å². The molecule has 0 fully saturated rings. The summed E-state index contributed by atoms with van der Waals surface area (Å²) in [5, 5.41) is 3.02. The largest absolute Gasteiger partial charge is 0.349 e. The number of hydrogen-bond acceptors (Lipinski definition) is 3. The topological polar surface area (TPSA) is 66.5 Å². The third kappa shape index (κ3) is 4.89. The van der Waals surface area contributed by atoms with Crippen LogP contribution in [0.25, 0.3) is 0 Å². The van der Waals surface area contributed by atoms with Gasteiger partial charge in [-0.1, -0.05) is 38.5 Å². The molecule has 0 bridgehead atoms. The van der Waals surface area contributed by atoms with E-state index in [1.54, 1.807) is 48.5 Å². The van der Waals surface area contributed by atoms with Crippen LogP contribution in [0.3, 0.4) is 0 Å². The maximum Gasteiger partial charge on any atom is 0.264 e. The number of amides is 1. The van der Waals surface area contributed by atoms with E-state index in [2.05, 4.69) is 19.2 Å². The first-order valence-corrected chi connectivity index (χ1v) is 10.6. The Labute approximate surface area is 162 Å². The van der Waals surface area contributed by atoms with Gasteiger partial charge in [0.25, 0.3) is 15.9 Å². The maximum absolute atomic E-state index is 12.8. The number of benzene rings is 2. The highest BCUT2D eigenvalue weighted by atomic mass is 32.2. The number of nitrogens with zero attached hydrogens (tertiary/aromatic N) is 1. The highest BCUT2D eigenvalue weighted by Gasteiger charge is 2.21. The predicted octanol–water partition coefficient (Wildman–Crippen LogP) is 3.98. The molecule has 5 nitrogen and oxygen atoms in total. The third-order valence-corrected chi connectivity index (χ3v) is 6.53. The minimum atomic E-state index is -3.64. The van der Waals surface area contributed by atoms with Gasteiger partial charge < -0.3 is 5.32 Å². The number of nitrogens with one attached hydrogen (secondary N) is 1. The van der Waals surface area contributed by atoms with E-state index in [0.29, 0.717) is 17.2 Å². The molecular formula is C21H28N2O3S. The van der Waals surface area contributed by atoms with Crippen LogP contribution in [0.15, 0.2) is 53.4 Å². The second-order valence-electron chi connectivity index (χ2n) is 7.06. The van der Waals surface area contributed by atoms with Crippen molar-refractivity contribution in [1.29, 1.82) is 0 Å². The third-order valence-electron chi connectivity index (χ3n) is 4.73. The molecule has 146 valence electrons. The number of hydrogen-bond donors (Lipinski definition) is 1.